The van der Waals surface area contributed by atoms with Gasteiger partial charge >= 0.3 is 0 Å². The van der Waals surface area contributed by atoms with Crippen LogP contribution in [0, 0.1) is 0 Å². The van der Waals surface area contributed by atoms with Crippen LogP contribution >= 0.6 is 0 Å². The molecule has 2 nitrogen and oxygen atoms in total. The molecule has 60 valence electrons. The predicted molar refractivity (Wildman–Crippen MR) is 50.5 cm³/mol. The average Bonchev–Trinajstić information content (AvgIpc) is 1.88. The summed E-state index contributed by atoms with van der Waals surface area (Å²) in [7, 11) is -0.738. The topological polar surface area (TPSA) is 12.5 Å². The van der Waals surface area contributed by atoms with E-state index in [0.717, 1.165) is 19.8 Å². The van der Waals surface area contributed by atoms with Crippen LogP contribution < -0.4 is 0 Å². The van der Waals surface area contributed by atoms with Crippen molar-refractivity contribution in [2.45, 2.75) is 13.0 Å². The fourth-order valence-electron chi connectivity index (χ4n) is 0.961. The van der Waals surface area contributed by atoms with Gasteiger partial charge in [-0.2, -0.15) is 0 Å². The van der Waals surface area contributed by atoms with E-state index in [0.29, 0.717) is 6.04 Å². The van der Waals surface area contributed by atoms with E-state index in [4.69, 9.17) is 27.1 Å². The van der Waals surface area contributed by atoms with Crippen molar-refractivity contribution < 1.29 is 4.74 Å². The molecule has 0 spiro atoms. The second kappa shape index (κ2) is 3.92. The minimum Gasteiger partial charge on any atom is -0.378 e. The van der Waals surface area contributed by atoms with Gasteiger partial charge in [0.2, 0.25) is 0 Å². The van der Waals surface area contributed by atoms with E-state index < -0.39 is 8.20 Å². The highest BCUT2D eigenvalue weighted by atomic mass is 33.1. The van der Waals surface area contributed by atoms with Crippen LogP contribution in [0.15, 0.2) is 0 Å². The van der Waals surface area contributed by atoms with Gasteiger partial charge in [-0.25, -0.2) is 4.31 Å². The van der Waals surface area contributed by atoms with Crippen LogP contribution in [0.5, 0.6) is 0 Å². The second-order valence-corrected chi connectivity index (χ2v) is 6.08. The van der Waals surface area contributed by atoms with Crippen molar-refractivity contribution in [2.24, 2.45) is 0 Å². The molecule has 1 aliphatic heterocycles. The Hall–Kier alpha value is 0.710. The molecular weight excluding hydrogens is 186 g/mol. The van der Waals surface area contributed by atoms with Crippen molar-refractivity contribution in [3.05, 3.63) is 0 Å². The monoisotopic (exact) mass is 197 g/mol. The zero-order chi connectivity index (χ0) is 7.56. The van der Waals surface area contributed by atoms with Crippen molar-refractivity contribution in [3.8, 4) is 0 Å². The van der Waals surface area contributed by atoms with E-state index >= 15 is 0 Å². The van der Waals surface area contributed by atoms with Crippen LogP contribution in [0.4, 0.5) is 0 Å². The zero-order valence-electron chi connectivity index (χ0n) is 5.82. The largest absolute Gasteiger partial charge is 0.378 e. The Morgan fingerprint density at radius 1 is 1.60 bits per heavy atom. The third-order valence-corrected chi connectivity index (χ3v) is 3.81. The van der Waals surface area contributed by atoms with Crippen molar-refractivity contribution in [1.29, 1.82) is 0 Å². The SMILES string of the molecule is C[C@H]1COCCN1[SH](=S)=S. The van der Waals surface area contributed by atoms with Gasteiger partial charge in [0.05, 0.1) is 13.2 Å². The molecule has 10 heavy (non-hydrogen) atoms. The fourth-order valence-corrected chi connectivity index (χ4v) is 3.05. The summed E-state index contributed by atoms with van der Waals surface area (Å²) in [6.45, 7) is 4.59. The van der Waals surface area contributed by atoms with Crippen LogP contribution in [0.3, 0.4) is 0 Å². The van der Waals surface area contributed by atoms with Gasteiger partial charge in [-0.3, -0.25) is 0 Å². The molecule has 0 amide bonds. The molecule has 0 unspecified atom stereocenters. The first-order chi connectivity index (χ1) is 4.72. The lowest BCUT2D eigenvalue weighted by Gasteiger charge is -2.30. The Morgan fingerprint density at radius 3 is 2.70 bits per heavy atom. The van der Waals surface area contributed by atoms with Gasteiger partial charge in [-0.15, -0.1) is 0 Å². The molecule has 1 atom stereocenters. The van der Waals surface area contributed by atoms with Gasteiger partial charge < -0.3 is 4.74 Å². The fraction of sp³-hybridized carbons (Fsp3) is 1.00. The molecule has 0 aromatic rings. The summed E-state index contributed by atoms with van der Waals surface area (Å²) in [5, 5.41) is 0. The van der Waals surface area contributed by atoms with Gasteiger partial charge in [0.1, 0.15) is 0 Å². The van der Waals surface area contributed by atoms with Crippen molar-refractivity contribution in [3.63, 3.8) is 0 Å². The van der Waals surface area contributed by atoms with E-state index in [2.05, 4.69) is 11.2 Å². The van der Waals surface area contributed by atoms with Crippen molar-refractivity contribution >= 4 is 30.6 Å². The summed E-state index contributed by atoms with van der Waals surface area (Å²) in [6, 6.07) is 0.426. The molecule has 1 aliphatic rings. The molecule has 1 rings (SSSR count). The minimum absolute atomic E-state index is 0.426. The zero-order valence-corrected chi connectivity index (χ0v) is 8.35. The average molecular weight is 197 g/mol. The molecule has 0 radical (unpaired) electrons. The first-order valence-corrected chi connectivity index (χ1v) is 6.52. The minimum atomic E-state index is -0.738. The number of hydrogen-bond acceptors (Lipinski definition) is 3. The lowest BCUT2D eigenvalue weighted by molar-refractivity contribution is 0.0442. The van der Waals surface area contributed by atoms with Crippen molar-refractivity contribution in [1.82, 2.24) is 4.31 Å². The van der Waals surface area contributed by atoms with Crippen LogP contribution in [-0.4, -0.2) is 30.1 Å². The van der Waals surface area contributed by atoms with Gasteiger partial charge in [0.15, 0.2) is 0 Å². The van der Waals surface area contributed by atoms with Crippen molar-refractivity contribution in [2.75, 3.05) is 19.8 Å². The van der Waals surface area contributed by atoms with Crippen LogP contribution in [0.1, 0.15) is 6.92 Å². The summed E-state index contributed by atoms with van der Waals surface area (Å²) in [4.78, 5) is 0. The number of morpholine rings is 1. The lowest BCUT2D eigenvalue weighted by atomic mass is 10.3. The Labute approximate surface area is 72.5 Å². The quantitative estimate of drug-likeness (QED) is 0.589. The van der Waals surface area contributed by atoms with Crippen LogP contribution in [0.2, 0.25) is 0 Å². The molecule has 0 N–H and O–H groups in total. The molecule has 1 heterocycles. The van der Waals surface area contributed by atoms with E-state index in [1.807, 2.05) is 0 Å². The van der Waals surface area contributed by atoms with E-state index in [-0.39, 0.29) is 0 Å². The normalized spacial score (nSPS) is 29.2. The molecule has 5 heteroatoms. The maximum absolute atomic E-state index is 5.24. The number of nitrogens with zero attached hydrogens (tertiary/aromatic N) is 1. The first kappa shape index (κ1) is 8.80. The maximum atomic E-state index is 5.24. The molecule has 0 aromatic carbocycles. The summed E-state index contributed by atoms with van der Waals surface area (Å²) in [5.41, 5.74) is 0. The standard InChI is InChI=1S/C5H11NOS3/c1-5-4-7-3-2-6(5)10(8)9/h5,10H,2-4H2,1H3/t5-/m0/s1. The Morgan fingerprint density at radius 2 is 2.30 bits per heavy atom. The highest BCUT2D eigenvalue weighted by Gasteiger charge is 2.16. The lowest BCUT2D eigenvalue weighted by Crippen LogP contribution is -2.41. The Balaban J connectivity index is 2.56. The molecular formula is C5H11NOS3. The summed E-state index contributed by atoms with van der Waals surface area (Å²) in [6.07, 6.45) is 0. The first-order valence-electron chi connectivity index (χ1n) is 3.20. The van der Waals surface area contributed by atoms with Crippen LogP contribution in [-0.2, 0) is 35.3 Å². The van der Waals surface area contributed by atoms with Crippen LogP contribution in [0.25, 0.3) is 0 Å². The van der Waals surface area contributed by atoms with Gasteiger partial charge in [-0.05, 0) is 37.5 Å². The third kappa shape index (κ3) is 2.10. The highest BCUT2D eigenvalue weighted by molar-refractivity contribution is 8.45. The van der Waals surface area contributed by atoms with Gasteiger partial charge in [0, 0.05) is 12.6 Å². The molecule has 1 saturated heterocycles. The highest BCUT2D eigenvalue weighted by Crippen LogP contribution is 2.05. The maximum Gasteiger partial charge on any atom is 0.0629 e. The predicted octanol–water partition coefficient (Wildman–Crippen LogP) is -0.103. The van der Waals surface area contributed by atoms with Gasteiger partial charge in [0.25, 0.3) is 0 Å². The smallest absolute Gasteiger partial charge is 0.0629 e. The Kier molecular flexibility index (Phi) is 3.45. The number of ether oxygens (including phenoxy) is 1. The molecule has 0 saturated carbocycles. The molecule has 1 fully saturated rings. The number of hydrogen-bond donors (Lipinski definition) is 1. The summed E-state index contributed by atoms with van der Waals surface area (Å²) < 4.78 is 7.41. The van der Waals surface area contributed by atoms with E-state index in [9.17, 15) is 0 Å². The van der Waals surface area contributed by atoms with Gasteiger partial charge in [-0.1, -0.05) is 0 Å². The Bertz CT molecular complexity index is 172. The summed E-state index contributed by atoms with van der Waals surface area (Å²) in [5.74, 6) is 0. The number of thiol groups is 1. The second-order valence-electron chi connectivity index (χ2n) is 2.32. The van der Waals surface area contributed by atoms with E-state index in [1.54, 1.807) is 0 Å². The molecule has 0 aromatic heterocycles. The van der Waals surface area contributed by atoms with E-state index in [1.165, 1.54) is 0 Å². The molecule has 0 bridgehead atoms. The molecule has 0 aliphatic carbocycles. The summed E-state index contributed by atoms with van der Waals surface area (Å²) >= 11 is 10.1. The third-order valence-electron chi connectivity index (χ3n) is 1.54. The number of rotatable bonds is 1.